The van der Waals surface area contributed by atoms with E-state index in [0.29, 0.717) is 0 Å². The molecule has 2 rings (SSSR count). The summed E-state index contributed by atoms with van der Waals surface area (Å²) >= 11 is 0. The van der Waals surface area contributed by atoms with Crippen LogP contribution in [0.15, 0.2) is 24.3 Å². The van der Waals surface area contributed by atoms with Gasteiger partial charge in [0.25, 0.3) is 0 Å². The van der Waals surface area contributed by atoms with Crippen LogP contribution in [-0.2, 0) is 0 Å². The molecule has 0 unspecified atom stereocenters. The average Bonchev–Trinajstić information content (AvgIpc) is 2.28. The van der Waals surface area contributed by atoms with E-state index in [9.17, 15) is 0 Å². The summed E-state index contributed by atoms with van der Waals surface area (Å²) in [6.07, 6.45) is 0. The Morgan fingerprint density at radius 3 is 2.88 bits per heavy atom. The molecule has 0 atom stereocenters. The van der Waals surface area contributed by atoms with Crippen LogP contribution < -0.4 is 15.0 Å². The highest BCUT2D eigenvalue weighted by molar-refractivity contribution is 5.51. The predicted molar refractivity (Wildman–Crippen MR) is 67.3 cm³/mol. The largest absolute Gasteiger partial charge is 0.497 e. The Balaban J connectivity index is 2.16. The fourth-order valence-electron chi connectivity index (χ4n) is 2.17. The molecule has 1 aromatic carbocycles. The molecule has 1 heterocycles. The van der Waals surface area contributed by atoms with Crippen molar-refractivity contribution in [2.24, 2.45) is 0 Å². The Morgan fingerprint density at radius 2 is 2.19 bits per heavy atom. The molecule has 1 N–H and O–H groups in total. The minimum atomic E-state index is 0.182. The van der Waals surface area contributed by atoms with E-state index >= 15 is 0 Å². The molecule has 3 heteroatoms. The molecule has 1 saturated heterocycles. The summed E-state index contributed by atoms with van der Waals surface area (Å²) < 4.78 is 5.26. The fraction of sp³-hybridized carbons (Fsp3) is 0.538. The van der Waals surface area contributed by atoms with Gasteiger partial charge >= 0.3 is 0 Å². The number of nitrogens with zero attached hydrogens (tertiary/aromatic N) is 1. The lowest BCUT2D eigenvalue weighted by Crippen LogP contribution is -2.57. The Bertz CT molecular complexity index is 363. The van der Waals surface area contributed by atoms with Gasteiger partial charge in [0.05, 0.1) is 7.11 Å². The third-order valence-electron chi connectivity index (χ3n) is 2.99. The van der Waals surface area contributed by atoms with E-state index in [1.807, 2.05) is 12.1 Å². The van der Waals surface area contributed by atoms with Crippen LogP contribution in [0.4, 0.5) is 5.69 Å². The van der Waals surface area contributed by atoms with Gasteiger partial charge in [-0.05, 0) is 26.0 Å². The summed E-state index contributed by atoms with van der Waals surface area (Å²) in [5.74, 6) is 0.925. The summed E-state index contributed by atoms with van der Waals surface area (Å²) in [6, 6.07) is 8.27. The second-order valence-corrected chi connectivity index (χ2v) is 4.93. The Hall–Kier alpha value is -1.22. The second-order valence-electron chi connectivity index (χ2n) is 4.93. The molecule has 0 amide bonds. The van der Waals surface area contributed by atoms with Crippen molar-refractivity contribution in [3.63, 3.8) is 0 Å². The van der Waals surface area contributed by atoms with Crippen LogP contribution in [0.25, 0.3) is 0 Å². The molecule has 1 aromatic rings. The number of piperazine rings is 1. The summed E-state index contributed by atoms with van der Waals surface area (Å²) in [5.41, 5.74) is 1.43. The molecule has 1 aliphatic rings. The lowest BCUT2D eigenvalue weighted by atomic mass is 10.0. The third-order valence-corrected chi connectivity index (χ3v) is 2.99. The second kappa shape index (κ2) is 4.34. The highest BCUT2D eigenvalue weighted by Crippen LogP contribution is 2.23. The van der Waals surface area contributed by atoms with Crippen LogP contribution in [-0.4, -0.2) is 32.3 Å². The Morgan fingerprint density at radius 1 is 1.38 bits per heavy atom. The van der Waals surface area contributed by atoms with Crippen molar-refractivity contribution in [1.82, 2.24) is 5.32 Å². The quantitative estimate of drug-likeness (QED) is 0.823. The maximum Gasteiger partial charge on any atom is 0.120 e. The number of rotatable bonds is 2. The molecule has 3 nitrogen and oxygen atoms in total. The lowest BCUT2D eigenvalue weighted by molar-refractivity contribution is 0.352. The van der Waals surface area contributed by atoms with Gasteiger partial charge in [-0.25, -0.2) is 0 Å². The van der Waals surface area contributed by atoms with Gasteiger partial charge < -0.3 is 15.0 Å². The van der Waals surface area contributed by atoms with Crippen molar-refractivity contribution >= 4 is 5.69 Å². The summed E-state index contributed by atoms with van der Waals surface area (Å²) in [4.78, 5) is 2.40. The van der Waals surface area contributed by atoms with Crippen molar-refractivity contribution in [1.29, 1.82) is 0 Å². The van der Waals surface area contributed by atoms with Crippen molar-refractivity contribution in [3.8, 4) is 5.75 Å². The van der Waals surface area contributed by atoms with E-state index in [0.717, 1.165) is 25.4 Å². The minimum absolute atomic E-state index is 0.182. The standard InChI is InChI=1S/C13H20N2O/c1-13(2)10-15(8-7-14-13)11-5-4-6-12(9-11)16-3/h4-6,9,14H,7-8,10H2,1-3H3. The van der Waals surface area contributed by atoms with Crippen LogP contribution in [0.1, 0.15) is 13.8 Å². The van der Waals surface area contributed by atoms with Gasteiger partial charge in [-0.3, -0.25) is 0 Å². The molecule has 88 valence electrons. The number of hydrogen-bond donors (Lipinski definition) is 1. The van der Waals surface area contributed by atoms with Crippen LogP contribution in [0, 0.1) is 0 Å². The van der Waals surface area contributed by atoms with Gasteiger partial charge in [0.1, 0.15) is 5.75 Å². The summed E-state index contributed by atoms with van der Waals surface area (Å²) in [7, 11) is 1.71. The van der Waals surface area contributed by atoms with Crippen molar-refractivity contribution < 1.29 is 4.74 Å². The maximum absolute atomic E-state index is 5.26. The topological polar surface area (TPSA) is 24.5 Å². The SMILES string of the molecule is COc1cccc(N2CCNC(C)(C)C2)c1. The minimum Gasteiger partial charge on any atom is -0.497 e. The van der Waals surface area contributed by atoms with Gasteiger partial charge in [-0.1, -0.05) is 6.07 Å². The van der Waals surface area contributed by atoms with Crippen LogP contribution in [0.3, 0.4) is 0 Å². The van der Waals surface area contributed by atoms with Gasteiger partial charge in [0.2, 0.25) is 0 Å². The first-order valence-corrected chi connectivity index (χ1v) is 5.75. The third kappa shape index (κ3) is 2.47. The van der Waals surface area contributed by atoms with E-state index in [1.165, 1.54) is 5.69 Å². The van der Waals surface area contributed by atoms with Gasteiger partial charge in [0, 0.05) is 36.9 Å². The number of ether oxygens (including phenoxy) is 1. The van der Waals surface area contributed by atoms with Crippen LogP contribution >= 0.6 is 0 Å². The molecular weight excluding hydrogens is 200 g/mol. The van der Waals surface area contributed by atoms with Crippen molar-refractivity contribution in [3.05, 3.63) is 24.3 Å². The number of nitrogens with one attached hydrogen (secondary N) is 1. The molecule has 0 aromatic heterocycles. The molecule has 1 fully saturated rings. The smallest absolute Gasteiger partial charge is 0.120 e. The zero-order chi connectivity index (χ0) is 11.6. The Kier molecular flexibility index (Phi) is 3.06. The summed E-state index contributed by atoms with van der Waals surface area (Å²) in [5, 5.41) is 3.51. The first-order chi connectivity index (χ1) is 7.61. The van der Waals surface area contributed by atoms with Crippen molar-refractivity contribution in [2.75, 3.05) is 31.6 Å². The van der Waals surface area contributed by atoms with Crippen LogP contribution in [0.2, 0.25) is 0 Å². The highest BCUT2D eigenvalue weighted by Gasteiger charge is 2.25. The van der Waals surface area contributed by atoms with E-state index in [4.69, 9.17) is 4.74 Å². The molecule has 16 heavy (non-hydrogen) atoms. The van der Waals surface area contributed by atoms with E-state index < -0.39 is 0 Å². The predicted octanol–water partition coefficient (Wildman–Crippen LogP) is 1.88. The molecule has 0 aliphatic carbocycles. The lowest BCUT2D eigenvalue weighted by Gasteiger charge is -2.40. The van der Waals surface area contributed by atoms with E-state index in [1.54, 1.807) is 7.11 Å². The number of methoxy groups -OCH3 is 1. The number of hydrogen-bond acceptors (Lipinski definition) is 3. The monoisotopic (exact) mass is 220 g/mol. The number of anilines is 1. The molecular formula is C13H20N2O. The zero-order valence-corrected chi connectivity index (χ0v) is 10.3. The van der Waals surface area contributed by atoms with Gasteiger partial charge in [-0.2, -0.15) is 0 Å². The number of benzene rings is 1. The molecule has 0 bridgehead atoms. The van der Waals surface area contributed by atoms with E-state index in [2.05, 4.69) is 36.2 Å². The Labute approximate surface area is 97.4 Å². The van der Waals surface area contributed by atoms with Gasteiger partial charge in [-0.15, -0.1) is 0 Å². The molecule has 0 saturated carbocycles. The fourth-order valence-corrected chi connectivity index (χ4v) is 2.17. The summed E-state index contributed by atoms with van der Waals surface area (Å²) in [6.45, 7) is 7.58. The van der Waals surface area contributed by atoms with Crippen LogP contribution in [0.5, 0.6) is 5.75 Å². The molecule has 0 radical (unpaired) electrons. The molecule has 1 aliphatic heterocycles. The molecule has 0 spiro atoms. The van der Waals surface area contributed by atoms with Gasteiger partial charge in [0.15, 0.2) is 0 Å². The highest BCUT2D eigenvalue weighted by atomic mass is 16.5. The first kappa shape index (κ1) is 11.3. The average molecular weight is 220 g/mol. The normalized spacial score (nSPS) is 19.6. The first-order valence-electron chi connectivity index (χ1n) is 5.75. The van der Waals surface area contributed by atoms with E-state index in [-0.39, 0.29) is 5.54 Å². The maximum atomic E-state index is 5.26. The zero-order valence-electron chi connectivity index (χ0n) is 10.3. The van der Waals surface area contributed by atoms with Crippen molar-refractivity contribution in [2.45, 2.75) is 19.4 Å².